The van der Waals surface area contributed by atoms with Gasteiger partial charge in [-0.3, -0.25) is 0 Å². The Morgan fingerprint density at radius 3 is 2.72 bits per heavy atom. The Balaban J connectivity index is 1.83. The third-order valence-corrected chi connectivity index (χ3v) is 6.19. The Morgan fingerprint density at radius 1 is 1.32 bits per heavy atom. The maximum Gasteiger partial charge on any atom is 0.235 e. The zero-order chi connectivity index (χ0) is 17.6. The second kappa shape index (κ2) is 6.38. The van der Waals surface area contributed by atoms with Crippen LogP contribution in [0.2, 0.25) is 0 Å². The van der Waals surface area contributed by atoms with Crippen molar-refractivity contribution in [1.29, 1.82) is 0 Å². The average molecular weight is 361 g/mol. The van der Waals surface area contributed by atoms with Gasteiger partial charge in [-0.1, -0.05) is 30.4 Å². The van der Waals surface area contributed by atoms with Crippen LogP contribution in [0, 0.1) is 18.7 Å². The highest BCUT2D eigenvalue weighted by molar-refractivity contribution is 7.17. The Hall–Kier alpha value is -1.99. The number of nitrogens with one attached hydrogen (secondary N) is 1. The SMILES string of the molecule is Cc1nc2sc([C@H](c3ccccc3F)[NH+]3CCC(C)CC3)c(O)n2n1. The molecule has 132 valence electrons. The van der Waals surface area contributed by atoms with Crippen LogP contribution in [0.3, 0.4) is 0 Å². The number of piperidine rings is 1. The highest BCUT2D eigenvalue weighted by atomic mass is 32.1. The van der Waals surface area contributed by atoms with Gasteiger partial charge in [-0.15, -0.1) is 5.10 Å². The van der Waals surface area contributed by atoms with Gasteiger partial charge in [0.1, 0.15) is 16.5 Å². The van der Waals surface area contributed by atoms with Gasteiger partial charge >= 0.3 is 0 Å². The maximum atomic E-state index is 14.6. The maximum absolute atomic E-state index is 14.6. The van der Waals surface area contributed by atoms with Crippen molar-refractivity contribution < 1.29 is 14.4 Å². The van der Waals surface area contributed by atoms with Gasteiger partial charge in [0.2, 0.25) is 10.8 Å². The largest absolute Gasteiger partial charge is 0.492 e. The van der Waals surface area contributed by atoms with E-state index in [1.165, 1.54) is 26.8 Å². The zero-order valence-corrected chi connectivity index (χ0v) is 15.2. The summed E-state index contributed by atoms with van der Waals surface area (Å²) in [4.78, 5) is 7.04. The van der Waals surface area contributed by atoms with E-state index in [0.717, 1.165) is 30.8 Å². The van der Waals surface area contributed by atoms with Crippen molar-refractivity contribution in [1.82, 2.24) is 14.6 Å². The number of aryl methyl sites for hydroxylation is 1. The minimum Gasteiger partial charge on any atom is -0.492 e. The predicted octanol–water partition coefficient (Wildman–Crippen LogP) is 2.35. The zero-order valence-electron chi connectivity index (χ0n) is 14.4. The number of halogens is 1. The average Bonchev–Trinajstić information content (AvgIpc) is 3.09. The van der Waals surface area contributed by atoms with Gasteiger partial charge in [0.25, 0.3) is 0 Å². The molecule has 2 N–H and O–H groups in total. The number of rotatable bonds is 3. The van der Waals surface area contributed by atoms with Gasteiger partial charge in [-0.2, -0.15) is 4.52 Å². The highest BCUT2D eigenvalue weighted by Crippen LogP contribution is 2.36. The molecule has 0 aliphatic carbocycles. The van der Waals surface area contributed by atoms with E-state index in [-0.39, 0.29) is 17.7 Å². The third kappa shape index (κ3) is 2.91. The molecule has 0 saturated carbocycles. The molecule has 0 amide bonds. The topological polar surface area (TPSA) is 54.9 Å². The lowest BCUT2D eigenvalue weighted by Gasteiger charge is -2.33. The number of fused-ring (bicyclic) bond motifs is 1. The number of quaternary nitrogens is 1. The predicted molar refractivity (Wildman–Crippen MR) is 94.6 cm³/mol. The fourth-order valence-electron chi connectivity index (χ4n) is 3.71. The van der Waals surface area contributed by atoms with E-state index in [1.807, 2.05) is 12.1 Å². The van der Waals surface area contributed by atoms with Crippen molar-refractivity contribution in [2.45, 2.75) is 32.7 Å². The molecule has 2 aromatic heterocycles. The molecule has 7 heteroatoms. The molecule has 3 heterocycles. The van der Waals surface area contributed by atoms with Crippen LogP contribution in [-0.2, 0) is 0 Å². The lowest BCUT2D eigenvalue weighted by molar-refractivity contribution is -0.931. The van der Waals surface area contributed by atoms with Gasteiger partial charge in [0, 0.05) is 0 Å². The molecule has 1 saturated heterocycles. The molecule has 1 aliphatic rings. The lowest BCUT2D eigenvalue weighted by atomic mass is 9.95. The van der Waals surface area contributed by atoms with Crippen LogP contribution in [0.1, 0.15) is 42.1 Å². The van der Waals surface area contributed by atoms with Gasteiger partial charge in [0.05, 0.1) is 18.7 Å². The highest BCUT2D eigenvalue weighted by Gasteiger charge is 2.36. The number of hydrogen-bond acceptors (Lipinski definition) is 4. The van der Waals surface area contributed by atoms with Crippen molar-refractivity contribution in [3.05, 3.63) is 46.3 Å². The fraction of sp³-hybridized carbons (Fsp3) is 0.444. The first kappa shape index (κ1) is 16.5. The summed E-state index contributed by atoms with van der Waals surface area (Å²) >= 11 is 1.40. The summed E-state index contributed by atoms with van der Waals surface area (Å²) in [5, 5.41) is 15.0. The van der Waals surface area contributed by atoms with Crippen LogP contribution in [0.25, 0.3) is 4.96 Å². The van der Waals surface area contributed by atoms with Crippen molar-refractivity contribution >= 4 is 16.3 Å². The molecule has 1 aromatic carbocycles. The standard InChI is InChI=1S/C18H21FN4OS/c1-11-7-9-22(10-8-11)15(13-5-3-4-6-14(13)19)16-17(24)23-18(25-16)20-12(2)21-23/h3-6,11,15,24H,7-10H2,1-2H3/p+1/t15-/m0/s1. The Bertz CT molecular complexity index is 898. The summed E-state index contributed by atoms with van der Waals surface area (Å²) in [6.45, 7) is 5.99. The Labute approximate surface area is 149 Å². The number of aromatic hydroxyl groups is 1. The first-order valence-corrected chi connectivity index (χ1v) is 9.50. The summed E-state index contributed by atoms with van der Waals surface area (Å²) in [6, 6.07) is 6.64. The summed E-state index contributed by atoms with van der Waals surface area (Å²) in [5.41, 5.74) is 0.628. The Morgan fingerprint density at radius 2 is 2.04 bits per heavy atom. The molecule has 0 spiro atoms. The van der Waals surface area contributed by atoms with E-state index in [2.05, 4.69) is 17.0 Å². The smallest absolute Gasteiger partial charge is 0.235 e. The molecule has 0 radical (unpaired) electrons. The monoisotopic (exact) mass is 361 g/mol. The van der Waals surface area contributed by atoms with E-state index in [9.17, 15) is 9.50 Å². The van der Waals surface area contributed by atoms with E-state index in [0.29, 0.717) is 22.3 Å². The molecule has 0 bridgehead atoms. The number of aromatic nitrogens is 3. The van der Waals surface area contributed by atoms with Gasteiger partial charge in [0.15, 0.2) is 6.04 Å². The second-order valence-corrected chi connectivity index (χ2v) is 7.95. The number of nitrogens with zero attached hydrogens (tertiary/aromatic N) is 3. The second-order valence-electron chi connectivity index (χ2n) is 6.94. The molecule has 0 unspecified atom stereocenters. The molecule has 1 fully saturated rings. The van der Waals surface area contributed by atoms with Crippen LogP contribution in [-0.4, -0.2) is 32.8 Å². The molecule has 1 atom stereocenters. The number of benzene rings is 1. The summed E-state index contributed by atoms with van der Waals surface area (Å²) in [7, 11) is 0. The summed E-state index contributed by atoms with van der Waals surface area (Å²) in [6.07, 6.45) is 2.22. The number of hydrogen-bond donors (Lipinski definition) is 2. The van der Waals surface area contributed by atoms with E-state index in [4.69, 9.17) is 0 Å². The van der Waals surface area contributed by atoms with Crippen molar-refractivity contribution in [3.63, 3.8) is 0 Å². The van der Waals surface area contributed by atoms with E-state index < -0.39 is 0 Å². The van der Waals surface area contributed by atoms with Crippen LogP contribution >= 0.6 is 11.3 Å². The fourth-order valence-corrected chi connectivity index (χ4v) is 4.89. The normalized spacial score (nSPS) is 22.4. The minimum atomic E-state index is -0.234. The minimum absolute atomic E-state index is 0.0833. The van der Waals surface area contributed by atoms with Gasteiger partial charge < -0.3 is 10.0 Å². The summed E-state index contributed by atoms with van der Waals surface area (Å²) < 4.78 is 16.1. The van der Waals surface area contributed by atoms with Crippen molar-refractivity contribution in [3.8, 4) is 5.88 Å². The van der Waals surface area contributed by atoms with Crippen LogP contribution in [0.5, 0.6) is 5.88 Å². The number of thiazole rings is 1. The summed E-state index contributed by atoms with van der Waals surface area (Å²) in [5.74, 6) is 1.17. The quantitative estimate of drug-likeness (QED) is 0.753. The molecule has 1 aliphatic heterocycles. The molecule has 25 heavy (non-hydrogen) atoms. The first-order valence-electron chi connectivity index (χ1n) is 8.68. The van der Waals surface area contributed by atoms with Crippen LogP contribution in [0.4, 0.5) is 4.39 Å². The molecular formula is C18H22FN4OS+. The van der Waals surface area contributed by atoms with Crippen molar-refractivity contribution in [2.24, 2.45) is 5.92 Å². The third-order valence-electron chi connectivity index (χ3n) is 5.11. The van der Waals surface area contributed by atoms with Crippen molar-refractivity contribution in [2.75, 3.05) is 13.1 Å². The Kier molecular flexibility index (Phi) is 4.21. The molecule has 4 rings (SSSR count). The lowest BCUT2D eigenvalue weighted by Crippen LogP contribution is -3.13. The van der Waals surface area contributed by atoms with Crippen LogP contribution < -0.4 is 4.90 Å². The molecular weight excluding hydrogens is 339 g/mol. The van der Waals surface area contributed by atoms with Gasteiger partial charge in [-0.05, 0) is 37.8 Å². The van der Waals surface area contributed by atoms with Gasteiger partial charge in [-0.25, -0.2) is 9.37 Å². The first-order chi connectivity index (χ1) is 12.0. The molecule has 5 nitrogen and oxygen atoms in total. The van der Waals surface area contributed by atoms with E-state index >= 15 is 0 Å². The van der Waals surface area contributed by atoms with Crippen LogP contribution in [0.15, 0.2) is 24.3 Å². The molecule has 3 aromatic rings. The van der Waals surface area contributed by atoms with E-state index in [1.54, 1.807) is 13.0 Å². The number of likely N-dealkylation sites (tertiary alicyclic amines) is 1.